The number of hydrogen-bond donors (Lipinski definition) is 2. The first-order valence-electron chi connectivity index (χ1n) is 9.96. The summed E-state index contributed by atoms with van der Waals surface area (Å²) in [6.07, 6.45) is 2.81. The highest BCUT2D eigenvalue weighted by Gasteiger charge is 2.24. The number of carbonyl (C=O) groups is 2. The van der Waals surface area contributed by atoms with E-state index in [9.17, 15) is 9.59 Å². The minimum atomic E-state index is -0.490. The normalized spacial score (nSPS) is 13.2. The molecule has 1 aliphatic carbocycles. The van der Waals surface area contributed by atoms with E-state index in [1.54, 1.807) is 6.07 Å². The molecule has 2 N–H and O–H groups in total. The minimum Gasteiger partial charge on any atom is -0.326 e. The lowest BCUT2D eigenvalue weighted by Gasteiger charge is -2.18. The van der Waals surface area contributed by atoms with E-state index in [-0.39, 0.29) is 11.8 Å². The lowest BCUT2D eigenvalue weighted by molar-refractivity contribution is -0.123. The molecule has 0 bridgehead atoms. The number of aryl methyl sites for hydroxylation is 1. The summed E-state index contributed by atoms with van der Waals surface area (Å²) in [6, 6.07) is 15.0. The van der Waals surface area contributed by atoms with Crippen LogP contribution in [0, 0.1) is 5.41 Å². The van der Waals surface area contributed by atoms with Gasteiger partial charge >= 0.3 is 0 Å². The second-order valence-electron chi connectivity index (χ2n) is 8.52. The topological polar surface area (TPSA) is 71.1 Å². The first-order valence-corrected chi connectivity index (χ1v) is 9.96. The number of aromatic nitrogens is 1. The second-order valence-corrected chi connectivity index (χ2v) is 8.52. The number of nitrogens with zero attached hydrogens (tertiary/aromatic N) is 1. The summed E-state index contributed by atoms with van der Waals surface area (Å²) in [5.41, 5.74) is 4.47. The van der Waals surface area contributed by atoms with Crippen LogP contribution in [0.1, 0.15) is 48.8 Å². The van der Waals surface area contributed by atoms with Gasteiger partial charge in [0.05, 0.1) is 11.1 Å². The number of carbonyl (C=O) groups excluding carboxylic acids is 2. The predicted molar refractivity (Wildman–Crippen MR) is 116 cm³/mol. The van der Waals surface area contributed by atoms with Crippen molar-refractivity contribution in [3.8, 4) is 0 Å². The van der Waals surface area contributed by atoms with E-state index in [1.807, 2.05) is 63.2 Å². The Hall–Kier alpha value is -3.21. The zero-order valence-electron chi connectivity index (χ0n) is 17.0. The molecule has 0 saturated heterocycles. The molecule has 2 aromatic carbocycles. The standard InChI is InChI=1S/C24H25N3O2/c1-24(2,3)23(29)26-16-9-6-8-15(14-16)25-22(28)21-17-10-4-5-12-19(17)27-20-13-7-11-18(20)21/h4-6,8-10,12,14H,7,11,13H2,1-3H3,(H,25,28)(H,26,29). The van der Waals surface area contributed by atoms with Gasteiger partial charge in [0.1, 0.15) is 0 Å². The highest BCUT2D eigenvalue weighted by atomic mass is 16.2. The van der Waals surface area contributed by atoms with E-state index >= 15 is 0 Å². The Labute approximate surface area is 170 Å². The summed E-state index contributed by atoms with van der Waals surface area (Å²) in [4.78, 5) is 30.3. The number of pyridine rings is 1. The molecule has 0 fully saturated rings. The lowest BCUT2D eigenvalue weighted by atomic mass is 9.95. The maximum Gasteiger partial charge on any atom is 0.256 e. The fraction of sp³-hybridized carbons (Fsp3) is 0.292. The molecule has 1 aromatic heterocycles. The molecule has 0 spiro atoms. The molecule has 29 heavy (non-hydrogen) atoms. The molecule has 0 radical (unpaired) electrons. The Morgan fingerprint density at radius 2 is 1.66 bits per heavy atom. The molecule has 3 aromatic rings. The van der Waals surface area contributed by atoms with E-state index in [2.05, 4.69) is 10.6 Å². The number of benzene rings is 2. The average Bonchev–Trinajstić information content (AvgIpc) is 3.13. The molecule has 0 unspecified atom stereocenters. The van der Waals surface area contributed by atoms with Crippen molar-refractivity contribution in [3.63, 3.8) is 0 Å². The van der Waals surface area contributed by atoms with Crippen LogP contribution in [-0.2, 0) is 17.6 Å². The molecule has 1 heterocycles. The van der Waals surface area contributed by atoms with Crippen molar-refractivity contribution in [1.82, 2.24) is 4.98 Å². The van der Waals surface area contributed by atoms with Crippen LogP contribution in [-0.4, -0.2) is 16.8 Å². The third-order valence-corrected chi connectivity index (χ3v) is 5.21. The number of anilines is 2. The number of fused-ring (bicyclic) bond motifs is 2. The molecular weight excluding hydrogens is 362 g/mol. The number of para-hydroxylation sites is 1. The zero-order chi connectivity index (χ0) is 20.6. The highest BCUT2D eigenvalue weighted by Crippen LogP contribution is 2.31. The van der Waals surface area contributed by atoms with Gasteiger partial charge in [0.15, 0.2) is 0 Å². The number of rotatable bonds is 3. The van der Waals surface area contributed by atoms with Gasteiger partial charge in [-0.2, -0.15) is 0 Å². The third-order valence-electron chi connectivity index (χ3n) is 5.21. The summed E-state index contributed by atoms with van der Waals surface area (Å²) >= 11 is 0. The molecule has 1 aliphatic rings. The van der Waals surface area contributed by atoms with E-state index in [4.69, 9.17) is 4.98 Å². The van der Waals surface area contributed by atoms with Gasteiger partial charge in [-0.3, -0.25) is 14.6 Å². The van der Waals surface area contributed by atoms with Crippen LogP contribution in [0.25, 0.3) is 10.9 Å². The Bertz CT molecular complexity index is 1110. The molecule has 5 nitrogen and oxygen atoms in total. The fourth-order valence-electron chi connectivity index (χ4n) is 3.66. The average molecular weight is 387 g/mol. The first kappa shape index (κ1) is 19.1. The van der Waals surface area contributed by atoms with Crippen molar-refractivity contribution >= 4 is 34.1 Å². The van der Waals surface area contributed by atoms with Gasteiger partial charge < -0.3 is 10.6 Å². The summed E-state index contributed by atoms with van der Waals surface area (Å²) < 4.78 is 0. The van der Waals surface area contributed by atoms with Gasteiger partial charge in [0.25, 0.3) is 5.91 Å². The predicted octanol–water partition coefficient (Wildman–Crippen LogP) is 4.96. The summed E-state index contributed by atoms with van der Waals surface area (Å²) in [7, 11) is 0. The smallest absolute Gasteiger partial charge is 0.256 e. The van der Waals surface area contributed by atoms with E-state index in [0.29, 0.717) is 16.9 Å². The molecule has 0 aliphatic heterocycles. The Morgan fingerprint density at radius 1 is 0.931 bits per heavy atom. The van der Waals surface area contributed by atoms with Crippen LogP contribution in [0.3, 0.4) is 0 Å². The summed E-state index contributed by atoms with van der Waals surface area (Å²) in [6.45, 7) is 5.59. The van der Waals surface area contributed by atoms with Crippen molar-refractivity contribution in [3.05, 3.63) is 65.4 Å². The Kier molecular flexibility index (Phi) is 4.82. The van der Waals surface area contributed by atoms with Crippen LogP contribution in [0.2, 0.25) is 0 Å². The second kappa shape index (κ2) is 7.32. The minimum absolute atomic E-state index is 0.0704. The van der Waals surface area contributed by atoms with Gasteiger partial charge in [0.2, 0.25) is 5.91 Å². The van der Waals surface area contributed by atoms with E-state index < -0.39 is 5.41 Å². The van der Waals surface area contributed by atoms with Crippen LogP contribution < -0.4 is 10.6 Å². The van der Waals surface area contributed by atoms with Crippen molar-refractivity contribution < 1.29 is 9.59 Å². The lowest BCUT2D eigenvalue weighted by Crippen LogP contribution is -2.27. The summed E-state index contributed by atoms with van der Waals surface area (Å²) in [5.74, 6) is -0.208. The van der Waals surface area contributed by atoms with Crippen LogP contribution >= 0.6 is 0 Å². The van der Waals surface area contributed by atoms with Crippen molar-refractivity contribution in [2.24, 2.45) is 5.41 Å². The largest absolute Gasteiger partial charge is 0.326 e. The SMILES string of the molecule is CC(C)(C)C(=O)Nc1cccc(NC(=O)c2c3c(nc4ccccc24)CCC3)c1. The Morgan fingerprint density at radius 3 is 2.41 bits per heavy atom. The van der Waals surface area contributed by atoms with Gasteiger partial charge in [0, 0.05) is 27.9 Å². The van der Waals surface area contributed by atoms with Crippen LogP contribution in [0.15, 0.2) is 48.5 Å². The fourth-order valence-corrected chi connectivity index (χ4v) is 3.66. The molecule has 0 saturated carbocycles. The monoisotopic (exact) mass is 387 g/mol. The molecular formula is C24H25N3O2. The van der Waals surface area contributed by atoms with Crippen LogP contribution in [0.5, 0.6) is 0 Å². The highest BCUT2D eigenvalue weighted by molar-refractivity contribution is 6.14. The van der Waals surface area contributed by atoms with Gasteiger partial charge in [-0.1, -0.05) is 45.0 Å². The molecule has 5 heteroatoms. The molecule has 2 amide bonds. The van der Waals surface area contributed by atoms with E-state index in [1.165, 1.54) is 0 Å². The van der Waals surface area contributed by atoms with Gasteiger partial charge in [-0.25, -0.2) is 0 Å². The van der Waals surface area contributed by atoms with Crippen molar-refractivity contribution in [2.75, 3.05) is 10.6 Å². The Balaban J connectivity index is 1.64. The molecule has 0 atom stereocenters. The maximum absolute atomic E-state index is 13.3. The third kappa shape index (κ3) is 3.86. The van der Waals surface area contributed by atoms with E-state index in [0.717, 1.165) is 41.4 Å². The molecule has 148 valence electrons. The van der Waals surface area contributed by atoms with Gasteiger partial charge in [-0.05, 0) is 49.1 Å². The quantitative estimate of drug-likeness (QED) is 0.667. The number of amides is 2. The molecule has 4 rings (SSSR count). The van der Waals surface area contributed by atoms with Crippen molar-refractivity contribution in [1.29, 1.82) is 0 Å². The summed E-state index contributed by atoms with van der Waals surface area (Å²) in [5, 5.41) is 6.80. The first-order chi connectivity index (χ1) is 13.8. The maximum atomic E-state index is 13.3. The van der Waals surface area contributed by atoms with Crippen molar-refractivity contribution in [2.45, 2.75) is 40.0 Å². The van der Waals surface area contributed by atoms with Gasteiger partial charge in [-0.15, -0.1) is 0 Å². The van der Waals surface area contributed by atoms with Crippen LogP contribution in [0.4, 0.5) is 11.4 Å². The zero-order valence-corrected chi connectivity index (χ0v) is 17.0. The number of hydrogen-bond acceptors (Lipinski definition) is 3. The number of nitrogens with one attached hydrogen (secondary N) is 2.